The number of carbonyl (C=O) groups excluding carboxylic acids is 1. The van der Waals surface area contributed by atoms with Crippen LogP contribution in [0.2, 0.25) is 0 Å². The first kappa shape index (κ1) is 21.3. The van der Waals surface area contributed by atoms with Crippen molar-refractivity contribution >= 4 is 34.6 Å². The Kier molecular flexibility index (Phi) is 7.45. The van der Waals surface area contributed by atoms with Crippen molar-refractivity contribution in [3.8, 4) is 5.75 Å². The lowest BCUT2D eigenvalue weighted by Crippen LogP contribution is -2.34. The molecule has 0 fully saturated rings. The first-order chi connectivity index (χ1) is 13.3. The van der Waals surface area contributed by atoms with Crippen molar-refractivity contribution in [2.75, 3.05) is 11.9 Å². The maximum Gasteiger partial charge on any atom is 0.274 e. The van der Waals surface area contributed by atoms with E-state index in [1.807, 2.05) is 0 Å². The van der Waals surface area contributed by atoms with E-state index < -0.39 is 10.8 Å². The molecule has 2 aromatic carbocycles. The molecule has 0 aliphatic heterocycles. The van der Waals surface area contributed by atoms with Crippen molar-refractivity contribution < 1.29 is 14.5 Å². The molecule has 148 valence electrons. The zero-order valence-corrected chi connectivity index (χ0v) is 16.8. The molecule has 0 atom stereocenters. The van der Waals surface area contributed by atoms with Crippen LogP contribution >= 0.6 is 12.2 Å². The second-order valence-electron chi connectivity index (χ2n) is 6.73. The van der Waals surface area contributed by atoms with Crippen LogP contribution in [-0.2, 0) is 0 Å². The molecule has 2 N–H and O–H groups in total. The largest absolute Gasteiger partial charge is 0.494 e. The first-order valence-electron chi connectivity index (χ1n) is 8.86. The fourth-order valence-corrected chi connectivity index (χ4v) is 2.57. The third kappa shape index (κ3) is 6.31. The summed E-state index contributed by atoms with van der Waals surface area (Å²) in [6, 6.07) is 11.5. The van der Waals surface area contributed by atoms with E-state index in [2.05, 4.69) is 24.5 Å². The number of benzene rings is 2. The van der Waals surface area contributed by atoms with Gasteiger partial charge in [0, 0.05) is 22.9 Å². The van der Waals surface area contributed by atoms with Crippen molar-refractivity contribution in [1.82, 2.24) is 5.32 Å². The summed E-state index contributed by atoms with van der Waals surface area (Å²) in [6.45, 7) is 6.46. The van der Waals surface area contributed by atoms with Crippen LogP contribution in [0.3, 0.4) is 0 Å². The predicted molar refractivity (Wildman–Crippen MR) is 113 cm³/mol. The molecule has 0 bridgehead atoms. The number of carbonyl (C=O) groups is 1. The maximum absolute atomic E-state index is 12.4. The Balaban J connectivity index is 1.98. The number of nitrogens with zero attached hydrogens (tertiary/aromatic N) is 1. The molecule has 0 radical (unpaired) electrons. The van der Waals surface area contributed by atoms with Gasteiger partial charge in [-0.3, -0.25) is 20.2 Å². The second kappa shape index (κ2) is 9.80. The summed E-state index contributed by atoms with van der Waals surface area (Å²) in [4.78, 5) is 23.0. The molecule has 1 amide bonds. The molecule has 2 rings (SSSR count). The van der Waals surface area contributed by atoms with E-state index in [4.69, 9.17) is 17.0 Å². The summed E-state index contributed by atoms with van der Waals surface area (Å²) >= 11 is 5.14. The number of anilines is 1. The number of hydrogen-bond donors (Lipinski definition) is 2. The first-order valence-corrected chi connectivity index (χ1v) is 9.27. The number of nitrogens with one attached hydrogen (secondary N) is 2. The predicted octanol–water partition coefficient (Wildman–Crippen LogP) is 4.45. The SMILES string of the molecule is Cc1ccc(NC(=S)NC(=O)c2cccc(OCCC(C)C)c2)cc1[N+](=O)[O-]. The van der Waals surface area contributed by atoms with Gasteiger partial charge in [-0.25, -0.2) is 0 Å². The van der Waals surface area contributed by atoms with Gasteiger partial charge in [0.2, 0.25) is 0 Å². The van der Waals surface area contributed by atoms with Crippen LogP contribution in [0.25, 0.3) is 0 Å². The van der Waals surface area contributed by atoms with E-state index in [1.54, 1.807) is 43.3 Å². The molecule has 2 aromatic rings. The quantitative estimate of drug-likeness (QED) is 0.404. The Bertz CT molecular complexity index is 884. The zero-order chi connectivity index (χ0) is 20.7. The third-order valence-electron chi connectivity index (χ3n) is 3.95. The number of rotatable bonds is 7. The summed E-state index contributed by atoms with van der Waals surface area (Å²) in [5.41, 5.74) is 1.35. The minimum atomic E-state index is -0.465. The van der Waals surface area contributed by atoms with E-state index in [-0.39, 0.29) is 10.8 Å². The normalized spacial score (nSPS) is 10.4. The van der Waals surface area contributed by atoms with Crippen LogP contribution < -0.4 is 15.4 Å². The number of amides is 1. The van der Waals surface area contributed by atoms with Crippen molar-refractivity contribution in [2.24, 2.45) is 5.92 Å². The molecular weight excluding hydrogens is 378 g/mol. The zero-order valence-electron chi connectivity index (χ0n) is 16.0. The summed E-state index contributed by atoms with van der Waals surface area (Å²) < 4.78 is 5.66. The van der Waals surface area contributed by atoms with Gasteiger partial charge in [-0.05, 0) is 55.7 Å². The topological polar surface area (TPSA) is 93.5 Å². The van der Waals surface area contributed by atoms with Gasteiger partial charge in [0.1, 0.15) is 5.75 Å². The van der Waals surface area contributed by atoms with Gasteiger partial charge in [0.15, 0.2) is 5.11 Å². The minimum Gasteiger partial charge on any atom is -0.494 e. The molecule has 0 heterocycles. The van der Waals surface area contributed by atoms with E-state index in [0.29, 0.717) is 35.1 Å². The van der Waals surface area contributed by atoms with Crippen LogP contribution in [0.15, 0.2) is 42.5 Å². The van der Waals surface area contributed by atoms with E-state index >= 15 is 0 Å². The van der Waals surface area contributed by atoms with Crippen molar-refractivity contribution in [2.45, 2.75) is 27.2 Å². The number of nitro groups is 1. The molecule has 0 spiro atoms. The van der Waals surface area contributed by atoms with Gasteiger partial charge in [-0.2, -0.15) is 0 Å². The molecule has 0 aromatic heterocycles. The van der Waals surface area contributed by atoms with Gasteiger partial charge in [0.05, 0.1) is 11.5 Å². The average Bonchev–Trinajstić information content (AvgIpc) is 2.63. The molecule has 28 heavy (non-hydrogen) atoms. The lowest BCUT2D eigenvalue weighted by Gasteiger charge is -2.11. The van der Waals surface area contributed by atoms with Crippen molar-refractivity contribution in [1.29, 1.82) is 0 Å². The molecule has 0 unspecified atom stereocenters. The van der Waals surface area contributed by atoms with Crippen LogP contribution in [0.4, 0.5) is 11.4 Å². The highest BCUT2D eigenvalue weighted by atomic mass is 32.1. The van der Waals surface area contributed by atoms with Crippen LogP contribution in [-0.4, -0.2) is 22.5 Å². The molecule has 0 aliphatic carbocycles. The fraction of sp³-hybridized carbons (Fsp3) is 0.300. The summed E-state index contributed by atoms with van der Waals surface area (Å²) in [5.74, 6) is 0.752. The third-order valence-corrected chi connectivity index (χ3v) is 4.16. The molecule has 0 saturated carbocycles. The highest BCUT2D eigenvalue weighted by Gasteiger charge is 2.13. The Hall–Kier alpha value is -3.00. The van der Waals surface area contributed by atoms with E-state index in [0.717, 1.165) is 6.42 Å². The van der Waals surface area contributed by atoms with Gasteiger partial charge >= 0.3 is 0 Å². The Morgan fingerprint density at radius 1 is 1.25 bits per heavy atom. The van der Waals surface area contributed by atoms with Gasteiger partial charge in [-0.15, -0.1) is 0 Å². The minimum absolute atomic E-state index is 0.0228. The fourth-order valence-electron chi connectivity index (χ4n) is 2.36. The lowest BCUT2D eigenvalue weighted by molar-refractivity contribution is -0.385. The van der Waals surface area contributed by atoms with Crippen molar-refractivity contribution in [3.05, 3.63) is 63.7 Å². The summed E-state index contributed by atoms with van der Waals surface area (Å²) in [7, 11) is 0. The Morgan fingerprint density at radius 3 is 2.68 bits per heavy atom. The molecule has 0 saturated heterocycles. The summed E-state index contributed by atoms with van der Waals surface area (Å²) in [6.07, 6.45) is 0.924. The molecular formula is C20H23N3O4S. The number of aryl methyl sites for hydroxylation is 1. The van der Waals surface area contributed by atoms with Crippen LogP contribution in [0.5, 0.6) is 5.75 Å². The molecule has 8 heteroatoms. The lowest BCUT2D eigenvalue weighted by atomic mass is 10.1. The highest BCUT2D eigenvalue weighted by molar-refractivity contribution is 7.80. The number of ether oxygens (including phenoxy) is 1. The summed E-state index contributed by atoms with van der Waals surface area (Å²) in [5, 5.41) is 16.4. The smallest absolute Gasteiger partial charge is 0.274 e. The highest BCUT2D eigenvalue weighted by Crippen LogP contribution is 2.22. The monoisotopic (exact) mass is 401 g/mol. The van der Waals surface area contributed by atoms with Crippen molar-refractivity contribution in [3.63, 3.8) is 0 Å². The number of nitro benzene ring substituents is 1. The standard InChI is InChI=1S/C20H23N3O4S/c1-13(2)9-10-27-17-6-4-5-15(11-17)19(24)22-20(28)21-16-8-7-14(3)18(12-16)23(25)26/h4-8,11-13H,9-10H2,1-3H3,(H2,21,22,24,28). The Morgan fingerprint density at radius 2 is 2.00 bits per heavy atom. The van der Waals surface area contributed by atoms with Gasteiger partial charge < -0.3 is 10.1 Å². The van der Waals surface area contributed by atoms with E-state index in [9.17, 15) is 14.9 Å². The molecule has 0 aliphatic rings. The van der Waals surface area contributed by atoms with E-state index in [1.165, 1.54) is 6.07 Å². The van der Waals surface area contributed by atoms with Crippen LogP contribution in [0, 0.1) is 23.0 Å². The van der Waals surface area contributed by atoms with Gasteiger partial charge in [-0.1, -0.05) is 26.0 Å². The Labute approximate surface area is 169 Å². The van der Waals surface area contributed by atoms with Crippen LogP contribution in [0.1, 0.15) is 36.2 Å². The van der Waals surface area contributed by atoms with Gasteiger partial charge in [0.25, 0.3) is 11.6 Å². The number of hydrogen-bond acceptors (Lipinski definition) is 5. The second-order valence-corrected chi connectivity index (χ2v) is 7.13. The maximum atomic E-state index is 12.4. The molecule has 7 nitrogen and oxygen atoms in total. The average molecular weight is 401 g/mol. The number of thiocarbonyl (C=S) groups is 1.